The number of nitrogens with zero attached hydrogens (tertiary/aromatic N) is 1. The Balaban J connectivity index is 0.00000324. The zero-order valence-corrected chi connectivity index (χ0v) is 13.7. The molecule has 1 heterocycles. The van der Waals surface area contributed by atoms with Gasteiger partial charge in [0.05, 0.1) is 6.04 Å². The number of rotatable bonds is 4. The summed E-state index contributed by atoms with van der Waals surface area (Å²) in [6, 6.07) is 0.421. The number of hydrogen-bond acceptors (Lipinski definition) is 3. The SMILES string of the molecule is CCC(C)NC(=O)C(C)N1CCC(N)C(C)(C)C1.Cl. The van der Waals surface area contributed by atoms with Gasteiger partial charge in [-0.3, -0.25) is 9.69 Å². The highest BCUT2D eigenvalue weighted by Crippen LogP contribution is 2.28. The van der Waals surface area contributed by atoms with Crippen molar-refractivity contribution in [2.75, 3.05) is 13.1 Å². The van der Waals surface area contributed by atoms with E-state index in [0.717, 1.165) is 25.9 Å². The summed E-state index contributed by atoms with van der Waals surface area (Å²) >= 11 is 0. The number of nitrogens with two attached hydrogens (primary N) is 1. The van der Waals surface area contributed by atoms with Crippen LogP contribution in [0.25, 0.3) is 0 Å². The maximum absolute atomic E-state index is 12.1. The molecular formula is C14H30ClN3O. The van der Waals surface area contributed by atoms with Crippen LogP contribution in [-0.4, -0.2) is 42.0 Å². The molecule has 0 aromatic carbocycles. The van der Waals surface area contributed by atoms with Gasteiger partial charge in [0.25, 0.3) is 0 Å². The van der Waals surface area contributed by atoms with Crippen LogP contribution in [0.5, 0.6) is 0 Å². The summed E-state index contributed by atoms with van der Waals surface area (Å²) in [5.74, 6) is 0.135. The van der Waals surface area contributed by atoms with E-state index in [0.29, 0.717) is 0 Å². The first-order valence-corrected chi connectivity index (χ1v) is 7.08. The number of likely N-dealkylation sites (tertiary alicyclic amines) is 1. The molecule has 0 bridgehead atoms. The molecule has 1 saturated heterocycles. The third-order valence-electron chi connectivity index (χ3n) is 4.27. The summed E-state index contributed by atoms with van der Waals surface area (Å²) in [4.78, 5) is 14.4. The monoisotopic (exact) mass is 291 g/mol. The van der Waals surface area contributed by atoms with Gasteiger partial charge < -0.3 is 11.1 Å². The minimum Gasteiger partial charge on any atom is -0.352 e. The highest BCUT2D eigenvalue weighted by atomic mass is 35.5. The number of carbonyl (C=O) groups is 1. The van der Waals surface area contributed by atoms with Crippen molar-refractivity contribution in [3.8, 4) is 0 Å². The Hall–Kier alpha value is -0.320. The lowest BCUT2D eigenvalue weighted by Gasteiger charge is -2.44. The normalized spacial score (nSPS) is 26.1. The van der Waals surface area contributed by atoms with Crippen molar-refractivity contribution in [1.82, 2.24) is 10.2 Å². The molecule has 1 aliphatic heterocycles. The van der Waals surface area contributed by atoms with Gasteiger partial charge in [-0.2, -0.15) is 0 Å². The highest BCUT2D eigenvalue weighted by Gasteiger charge is 2.36. The molecule has 1 amide bonds. The molecule has 0 saturated carbocycles. The van der Waals surface area contributed by atoms with Gasteiger partial charge in [0, 0.05) is 25.2 Å². The lowest BCUT2D eigenvalue weighted by Crippen LogP contribution is -2.57. The molecule has 3 atom stereocenters. The number of carbonyl (C=O) groups excluding carboxylic acids is 1. The van der Waals surface area contributed by atoms with Crippen LogP contribution in [0.3, 0.4) is 0 Å². The van der Waals surface area contributed by atoms with Crippen molar-refractivity contribution in [2.24, 2.45) is 11.1 Å². The molecule has 1 aliphatic rings. The summed E-state index contributed by atoms with van der Waals surface area (Å²) < 4.78 is 0. The molecule has 0 spiro atoms. The first-order valence-electron chi connectivity index (χ1n) is 7.08. The van der Waals surface area contributed by atoms with E-state index in [1.807, 2.05) is 13.8 Å². The van der Waals surface area contributed by atoms with E-state index in [-0.39, 0.29) is 41.9 Å². The Morgan fingerprint density at radius 1 is 1.47 bits per heavy atom. The second-order valence-corrected chi connectivity index (χ2v) is 6.35. The summed E-state index contributed by atoms with van der Waals surface area (Å²) in [5, 5.41) is 3.05. The van der Waals surface area contributed by atoms with Crippen LogP contribution in [0.15, 0.2) is 0 Å². The minimum absolute atomic E-state index is 0. The van der Waals surface area contributed by atoms with Gasteiger partial charge >= 0.3 is 0 Å². The molecule has 0 radical (unpaired) electrons. The Morgan fingerprint density at radius 3 is 2.53 bits per heavy atom. The fourth-order valence-electron chi connectivity index (χ4n) is 2.38. The summed E-state index contributed by atoms with van der Waals surface area (Å²) in [6.07, 6.45) is 1.93. The van der Waals surface area contributed by atoms with E-state index >= 15 is 0 Å². The molecule has 0 aromatic rings. The quantitative estimate of drug-likeness (QED) is 0.830. The molecule has 5 heteroatoms. The molecule has 3 unspecified atom stereocenters. The largest absolute Gasteiger partial charge is 0.352 e. The zero-order valence-electron chi connectivity index (χ0n) is 12.9. The fourth-order valence-corrected chi connectivity index (χ4v) is 2.38. The molecule has 0 aromatic heterocycles. The van der Waals surface area contributed by atoms with Crippen LogP contribution in [-0.2, 0) is 4.79 Å². The van der Waals surface area contributed by atoms with Crippen LogP contribution in [0.1, 0.15) is 47.5 Å². The number of halogens is 1. The average molecular weight is 292 g/mol. The van der Waals surface area contributed by atoms with E-state index in [9.17, 15) is 4.79 Å². The Labute approximate surface area is 123 Å². The van der Waals surface area contributed by atoms with Gasteiger partial charge in [-0.25, -0.2) is 0 Å². The van der Waals surface area contributed by atoms with Crippen LogP contribution in [0, 0.1) is 5.41 Å². The maximum Gasteiger partial charge on any atom is 0.237 e. The predicted molar refractivity (Wildman–Crippen MR) is 82.6 cm³/mol. The van der Waals surface area contributed by atoms with E-state index in [2.05, 4.69) is 31.0 Å². The highest BCUT2D eigenvalue weighted by molar-refractivity contribution is 5.85. The Morgan fingerprint density at radius 2 is 2.05 bits per heavy atom. The van der Waals surface area contributed by atoms with Gasteiger partial charge in [-0.05, 0) is 32.1 Å². The number of hydrogen-bond donors (Lipinski definition) is 2. The molecule has 1 rings (SSSR count). The van der Waals surface area contributed by atoms with Crippen LogP contribution in [0.4, 0.5) is 0 Å². The minimum atomic E-state index is -0.0641. The summed E-state index contributed by atoms with van der Waals surface area (Å²) in [7, 11) is 0. The van der Waals surface area contributed by atoms with Gasteiger partial charge in [-0.15, -0.1) is 12.4 Å². The van der Waals surface area contributed by atoms with Gasteiger partial charge in [-0.1, -0.05) is 20.8 Å². The Bertz CT molecular complexity index is 296. The van der Waals surface area contributed by atoms with Crippen molar-refractivity contribution < 1.29 is 4.79 Å². The van der Waals surface area contributed by atoms with Crippen molar-refractivity contribution in [2.45, 2.75) is 65.6 Å². The smallest absolute Gasteiger partial charge is 0.237 e. The summed E-state index contributed by atoms with van der Waals surface area (Å²) in [6.45, 7) is 12.3. The number of piperidine rings is 1. The second-order valence-electron chi connectivity index (χ2n) is 6.35. The van der Waals surface area contributed by atoms with Crippen LogP contribution < -0.4 is 11.1 Å². The average Bonchev–Trinajstić information content (AvgIpc) is 2.31. The molecule has 19 heavy (non-hydrogen) atoms. The standard InChI is InChI=1S/C14H29N3O.ClH/c1-6-10(2)16-13(18)11(3)17-8-7-12(15)14(4,5)9-17;/h10-12H,6-9,15H2,1-5H3,(H,16,18);1H. The zero-order chi connectivity index (χ0) is 13.9. The van der Waals surface area contributed by atoms with Crippen molar-refractivity contribution in [3.05, 3.63) is 0 Å². The van der Waals surface area contributed by atoms with Gasteiger partial charge in [0.1, 0.15) is 0 Å². The van der Waals surface area contributed by atoms with Crippen LogP contribution in [0.2, 0.25) is 0 Å². The predicted octanol–water partition coefficient (Wildman–Crippen LogP) is 1.77. The fraction of sp³-hybridized carbons (Fsp3) is 0.929. The molecule has 114 valence electrons. The van der Waals surface area contributed by atoms with Crippen molar-refractivity contribution in [1.29, 1.82) is 0 Å². The third-order valence-corrected chi connectivity index (χ3v) is 4.27. The third kappa shape index (κ3) is 4.93. The first kappa shape index (κ1) is 18.7. The van der Waals surface area contributed by atoms with Crippen molar-refractivity contribution >= 4 is 18.3 Å². The molecule has 1 fully saturated rings. The van der Waals surface area contributed by atoms with E-state index in [1.165, 1.54) is 0 Å². The van der Waals surface area contributed by atoms with Gasteiger partial charge in [0.15, 0.2) is 0 Å². The topological polar surface area (TPSA) is 58.4 Å². The molecule has 4 nitrogen and oxygen atoms in total. The number of amides is 1. The first-order chi connectivity index (χ1) is 8.27. The lowest BCUT2D eigenvalue weighted by molar-refractivity contribution is -0.127. The summed E-state index contributed by atoms with van der Waals surface area (Å²) in [5.41, 5.74) is 6.21. The second kappa shape index (κ2) is 7.46. The van der Waals surface area contributed by atoms with Crippen molar-refractivity contribution in [3.63, 3.8) is 0 Å². The molecular weight excluding hydrogens is 262 g/mol. The van der Waals surface area contributed by atoms with E-state index < -0.39 is 0 Å². The molecule has 0 aliphatic carbocycles. The maximum atomic E-state index is 12.1. The molecule has 3 N–H and O–H groups in total. The number of nitrogens with one attached hydrogen (secondary N) is 1. The van der Waals surface area contributed by atoms with Crippen LogP contribution >= 0.6 is 12.4 Å². The van der Waals surface area contributed by atoms with E-state index in [4.69, 9.17) is 5.73 Å². The lowest BCUT2D eigenvalue weighted by atomic mass is 9.79. The van der Waals surface area contributed by atoms with E-state index in [1.54, 1.807) is 0 Å². The van der Waals surface area contributed by atoms with Gasteiger partial charge in [0.2, 0.25) is 5.91 Å². The Kier molecular flexibility index (Phi) is 7.33.